The molecule has 1 aromatic carbocycles. The molecule has 8 nitrogen and oxygen atoms in total. The Hall–Kier alpha value is -1.84. The second-order valence-corrected chi connectivity index (χ2v) is 6.59. The van der Waals surface area contributed by atoms with Gasteiger partial charge in [0.15, 0.2) is 11.5 Å². The van der Waals surface area contributed by atoms with Crippen LogP contribution in [0, 0.1) is 0 Å². The highest BCUT2D eigenvalue weighted by atomic mass is 32.2. The van der Waals surface area contributed by atoms with Crippen LogP contribution in [0.25, 0.3) is 0 Å². The summed E-state index contributed by atoms with van der Waals surface area (Å²) in [5, 5.41) is 0. The van der Waals surface area contributed by atoms with Crippen LogP contribution >= 0.6 is 0 Å². The van der Waals surface area contributed by atoms with E-state index in [0.717, 1.165) is 4.31 Å². The fraction of sp³-hybridized carbons (Fsp3) is 0.533. The zero-order valence-electron chi connectivity index (χ0n) is 14.3. The monoisotopic (exact) mass is 361 g/mol. The number of nitrogens with zero attached hydrogens (tertiary/aromatic N) is 1. The minimum absolute atomic E-state index is 0.0134. The summed E-state index contributed by atoms with van der Waals surface area (Å²) in [5.41, 5.74) is 0. The van der Waals surface area contributed by atoms with Crippen molar-refractivity contribution in [3.8, 4) is 11.5 Å². The van der Waals surface area contributed by atoms with Gasteiger partial charge in [0, 0.05) is 19.7 Å². The van der Waals surface area contributed by atoms with Crippen molar-refractivity contribution < 1.29 is 32.2 Å². The van der Waals surface area contributed by atoms with Gasteiger partial charge in [-0.3, -0.25) is 4.79 Å². The molecule has 0 saturated carbocycles. The number of sulfonamides is 1. The SMILES string of the molecule is CCOC(=O)CN(CCOC)S(=O)(=O)c1ccc(OC)c(OC)c1. The van der Waals surface area contributed by atoms with E-state index in [1.807, 2.05) is 0 Å². The van der Waals surface area contributed by atoms with Crippen molar-refractivity contribution in [2.45, 2.75) is 11.8 Å². The third-order valence-corrected chi connectivity index (χ3v) is 4.99. The summed E-state index contributed by atoms with van der Waals surface area (Å²) < 4.78 is 46.6. The molecule has 0 aromatic heterocycles. The molecule has 0 bridgehead atoms. The first-order chi connectivity index (χ1) is 11.4. The van der Waals surface area contributed by atoms with Gasteiger partial charge in [0.25, 0.3) is 0 Å². The third kappa shape index (κ3) is 5.08. The van der Waals surface area contributed by atoms with E-state index in [-0.39, 0.29) is 30.4 Å². The van der Waals surface area contributed by atoms with E-state index in [4.69, 9.17) is 18.9 Å². The maximum absolute atomic E-state index is 12.8. The van der Waals surface area contributed by atoms with Crippen LogP contribution in [0.4, 0.5) is 0 Å². The van der Waals surface area contributed by atoms with Crippen LogP contribution in [-0.2, 0) is 24.3 Å². The van der Waals surface area contributed by atoms with E-state index < -0.39 is 22.5 Å². The number of carbonyl (C=O) groups is 1. The van der Waals surface area contributed by atoms with Gasteiger partial charge in [-0.1, -0.05) is 0 Å². The molecule has 0 fully saturated rings. The van der Waals surface area contributed by atoms with Gasteiger partial charge in [0.2, 0.25) is 10.0 Å². The van der Waals surface area contributed by atoms with Crippen LogP contribution in [0.3, 0.4) is 0 Å². The van der Waals surface area contributed by atoms with Crippen LogP contribution in [0.15, 0.2) is 23.1 Å². The molecule has 0 aliphatic carbocycles. The molecule has 9 heteroatoms. The minimum Gasteiger partial charge on any atom is -0.493 e. The fourth-order valence-corrected chi connectivity index (χ4v) is 3.34. The highest BCUT2D eigenvalue weighted by molar-refractivity contribution is 7.89. The molecule has 0 spiro atoms. The quantitative estimate of drug-likeness (QED) is 0.572. The second kappa shape index (κ2) is 9.45. The zero-order valence-corrected chi connectivity index (χ0v) is 15.1. The Kier molecular flexibility index (Phi) is 7.96. The van der Waals surface area contributed by atoms with E-state index in [1.54, 1.807) is 6.92 Å². The normalized spacial score (nSPS) is 11.4. The molecular formula is C15H23NO7S. The Bertz CT molecular complexity index is 645. The van der Waals surface area contributed by atoms with Crippen molar-refractivity contribution in [1.29, 1.82) is 0 Å². The highest BCUT2D eigenvalue weighted by Gasteiger charge is 2.28. The Morgan fingerprint density at radius 1 is 1.12 bits per heavy atom. The van der Waals surface area contributed by atoms with Gasteiger partial charge in [-0.15, -0.1) is 0 Å². The fourth-order valence-electron chi connectivity index (χ4n) is 1.95. The maximum atomic E-state index is 12.8. The topological polar surface area (TPSA) is 91.4 Å². The van der Waals surface area contributed by atoms with Crippen LogP contribution in [0.1, 0.15) is 6.92 Å². The number of rotatable bonds is 10. The number of carbonyl (C=O) groups excluding carboxylic acids is 1. The molecular weight excluding hydrogens is 338 g/mol. The van der Waals surface area contributed by atoms with Gasteiger partial charge < -0.3 is 18.9 Å². The first-order valence-electron chi connectivity index (χ1n) is 7.27. The molecule has 0 atom stereocenters. The Labute approximate surface area is 142 Å². The number of hydrogen-bond donors (Lipinski definition) is 0. The van der Waals surface area contributed by atoms with Crippen molar-refractivity contribution in [2.24, 2.45) is 0 Å². The summed E-state index contributed by atoms with van der Waals surface area (Å²) >= 11 is 0. The molecule has 0 N–H and O–H groups in total. The molecule has 0 aliphatic rings. The highest BCUT2D eigenvalue weighted by Crippen LogP contribution is 2.30. The lowest BCUT2D eigenvalue weighted by Gasteiger charge is -2.21. The van der Waals surface area contributed by atoms with Crippen molar-refractivity contribution in [3.05, 3.63) is 18.2 Å². The average molecular weight is 361 g/mol. The Morgan fingerprint density at radius 2 is 1.79 bits per heavy atom. The maximum Gasteiger partial charge on any atom is 0.321 e. The molecule has 0 aliphatic heterocycles. The van der Waals surface area contributed by atoms with E-state index in [2.05, 4.69) is 0 Å². The summed E-state index contributed by atoms with van der Waals surface area (Å²) in [5.74, 6) is 0.0596. The van der Waals surface area contributed by atoms with Gasteiger partial charge in [0.05, 0.1) is 32.3 Å². The number of benzene rings is 1. The molecule has 0 radical (unpaired) electrons. The Balaban J connectivity index is 3.16. The molecule has 136 valence electrons. The lowest BCUT2D eigenvalue weighted by Crippen LogP contribution is -2.38. The van der Waals surface area contributed by atoms with Crippen molar-refractivity contribution >= 4 is 16.0 Å². The predicted octanol–water partition coefficient (Wildman–Crippen LogP) is 0.904. The van der Waals surface area contributed by atoms with Crippen molar-refractivity contribution in [3.63, 3.8) is 0 Å². The number of methoxy groups -OCH3 is 3. The molecule has 0 saturated heterocycles. The van der Waals surface area contributed by atoms with Crippen LogP contribution in [-0.4, -0.2) is 66.3 Å². The van der Waals surface area contributed by atoms with E-state index in [1.165, 1.54) is 39.5 Å². The largest absolute Gasteiger partial charge is 0.493 e. The minimum atomic E-state index is -3.93. The van der Waals surface area contributed by atoms with Gasteiger partial charge in [-0.05, 0) is 19.1 Å². The average Bonchev–Trinajstić information content (AvgIpc) is 2.57. The smallest absolute Gasteiger partial charge is 0.321 e. The summed E-state index contributed by atoms with van der Waals surface area (Å²) in [6.45, 7) is 1.60. The van der Waals surface area contributed by atoms with Gasteiger partial charge >= 0.3 is 5.97 Å². The van der Waals surface area contributed by atoms with E-state index in [0.29, 0.717) is 5.75 Å². The first-order valence-corrected chi connectivity index (χ1v) is 8.71. The standard InChI is InChI=1S/C15H23NO7S/c1-5-23-15(17)11-16(8-9-20-2)24(18,19)12-6-7-13(21-3)14(10-12)22-4/h6-7,10H,5,8-9,11H2,1-4H3. The molecule has 0 unspecified atom stereocenters. The summed E-state index contributed by atoms with van der Waals surface area (Å²) in [7, 11) is 0.391. The molecule has 0 heterocycles. The third-order valence-electron chi connectivity index (χ3n) is 3.15. The van der Waals surface area contributed by atoms with Gasteiger partial charge in [-0.25, -0.2) is 8.42 Å². The van der Waals surface area contributed by atoms with Crippen molar-refractivity contribution in [1.82, 2.24) is 4.31 Å². The summed E-state index contributed by atoms with van der Waals surface area (Å²) in [6, 6.07) is 4.23. The van der Waals surface area contributed by atoms with Gasteiger partial charge in [-0.2, -0.15) is 4.31 Å². The number of hydrogen-bond acceptors (Lipinski definition) is 7. The molecule has 24 heavy (non-hydrogen) atoms. The summed E-state index contributed by atoms with van der Waals surface area (Å²) in [4.78, 5) is 11.7. The van der Waals surface area contributed by atoms with Crippen LogP contribution < -0.4 is 9.47 Å². The molecule has 0 amide bonds. The van der Waals surface area contributed by atoms with Crippen molar-refractivity contribution in [2.75, 3.05) is 47.6 Å². The predicted molar refractivity (Wildman–Crippen MR) is 86.8 cm³/mol. The first kappa shape index (κ1) is 20.2. The van der Waals surface area contributed by atoms with Crippen LogP contribution in [0.2, 0.25) is 0 Å². The summed E-state index contributed by atoms with van der Waals surface area (Å²) in [6.07, 6.45) is 0. The molecule has 1 rings (SSSR count). The van der Waals surface area contributed by atoms with Gasteiger partial charge in [0.1, 0.15) is 6.54 Å². The number of ether oxygens (including phenoxy) is 4. The lowest BCUT2D eigenvalue weighted by atomic mass is 10.3. The Morgan fingerprint density at radius 3 is 2.33 bits per heavy atom. The van der Waals surface area contributed by atoms with Crippen LogP contribution in [0.5, 0.6) is 11.5 Å². The van der Waals surface area contributed by atoms with E-state index >= 15 is 0 Å². The number of esters is 1. The zero-order chi connectivity index (χ0) is 18.2. The second-order valence-electron chi connectivity index (χ2n) is 4.65. The van der Waals surface area contributed by atoms with E-state index in [9.17, 15) is 13.2 Å². The molecule has 1 aromatic rings. The lowest BCUT2D eigenvalue weighted by molar-refractivity contribution is -0.143.